The Bertz CT molecular complexity index is 711. The average molecular weight is 372 g/mol. The largest absolute Gasteiger partial charge is 0.351 e. The number of halogens is 1. The van der Waals surface area contributed by atoms with Crippen LogP contribution in [0.3, 0.4) is 0 Å². The highest BCUT2D eigenvalue weighted by atomic mass is 19.1. The number of fused-ring (bicyclic) bond motifs is 1. The van der Waals surface area contributed by atoms with Crippen LogP contribution in [0.2, 0.25) is 0 Å². The van der Waals surface area contributed by atoms with Gasteiger partial charge in [0.15, 0.2) is 0 Å². The van der Waals surface area contributed by atoms with E-state index in [9.17, 15) is 9.18 Å². The highest BCUT2D eigenvalue weighted by Crippen LogP contribution is 2.21. The molecule has 4 rings (SSSR count). The molecule has 0 saturated carbocycles. The maximum Gasteiger partial charge on any atom is 0.315 e. The van der Waals surface area contributed by atoms with Gasteiger partial charge in [0.25, 0.3) is 0 Å². The van der Waals surface area contributed by atoms with Gasteiger partial charge in [0.1, 0.15) is 5.82 Å². The zero-order valence-electron chi connectivity index (χ0n) is 16.2. The minimum atomic E-state index is -0.325. The van der Waals surface area contributed by atoms with Gasteiger partial charge >= 0.3 is 6.03 Å². The summed E-state index contributed by atoms with van der Waals surface area (Å²) < 4.78 is 11.9. The maximum absolute atomic E-state index is 11.9. The van der Waals surface area contributed by atoms with E-state index in [1.165, 1.54) is 42.8 Å². The van der Waals surface area contributed by atoms with Crippen LogP contribution in [0.4, 0.5) is 9.18 Å². The number of nitrogens with zero attached hydrogens (tertiary/aromatic N) is 1. The van der Waals surface area contributed by atoms with Crippen LogP contribution in [0.15, 0.2) is 54.6 Å². The smallest absolute Gasteiger partial charge is 0.315 e. The molecule has 0 radical (unpaired) electrons. The Morgan fingerprint density at radius 1 is 1.07 bits per heavy atom. The Hall–Kier alpha value is -2.40. The third kappa shape index (κ3) is 7.39. The number of urea groups is 1. The molecule has 0 spiro atoms. The van der Waals surface area contributed by atoms with Crippen molar-refractivity contribution in [2.45, 2.75) is 33.2 Å². The fraction of sp³-hybridized carbons (Fsp3) is 0.409. The van der Waals surface area contributed by atoms with Crippen molar-refractivity contribution in [3.05, 3.63) is 71.5 Å². The Morgan fingerprint density at radius 2 is 1.70 bits per heavy atom. The quantitative estimate of drug-likeness (QED) is 0.736. The summed E-state index contributed by atoms with van der Waals surface area (Å²) in [5.41, 5.74) is 8.34. The van der Waals surface area contributed by atoms with Gasteiger partial charge in [-0.05, 0) is 48.1 Å². The van der Waals surface area contributed by atoms with Gasteiger partial charge in [0.2, 0.25) is 0 Å². The van der Waals surface area contributed by atoms with Crippen molar-refractivity contribution in [2.75, 3.05) is 19.6 Å². The maximum atomic E-state index is 11.9. The lowest BCUT2D eigenvalue weighted by atomic mass is 9.93. The highest BCUT2D eigenvalue weighted by Gasteiger charge is 2.21. The van der Waals surface area contributed by atoms with Crippen molar-refractivity contribution in [3.63, 3.8) is 0 Å². The monoisotopic (exact) mass is 371 g/mol. The van der Waals surface area contributed by atoms with Crippen LogP contribution in [0.1, 0.15) is 31.4 Å². The lowest BCUT2D eigenvalue weighted by Crippen LogP contribution is -2.39. The predicted molar refractivity (Wildman–Crippen MR) is 108 cm³/mol. The Morgan fingerprint density at radius 3 is 2.15 bits per heavy atom. The van der Waals surface area contributed by atoms with E-state index in [4.69, 9.17) is 5.73 Å². The summed E-state index contributed by atoms with van der Waals surface area (Å²) in [6, 6.07) is 15.8. The molecular weight excluding hydrogens is 341 g/mol. The summed E-state index contributed by atoms with van der Waals surface area (Å²) in [6.07, 6.45) is 2.26. The number of hydrogen-bond donors (Lipinski definition) is 2. The fourth-order valence-corrected chi connectivity index (χ4v) is 3.04. The molecule has 1 fully saturated rings. The van der Waals surface area contributed by atoms with Crippen LogP contribution in [0, 0.1) is 11.2 Å². The molecule has 0 unspecified atom stereocenters. The Labute approximate surface area is 161 Å². The molecule has 27 heavy (non-hydrogen) atoms. The molecule has 0 atom stereocenters. The van der Waals surface area contributed by atoms with E-state index in [0.717, 1.165) is 13.0 Å². The lowest BCUT2D eigenvalue weighted by Gasteiger charge is -2.26. The summed E-state index contributed by atoms with van der Waals surface area (Å²) >= 11 is 0. The SMILES string of the molecule is CC1(C)CCNC1.Fc1ccccc1.NC(=O)N1CCc2ccccc2C1. The molecule has 0 bridgehead atoms. The van der Waals surface area contributed by atoms with E-state index in [-0.39, 0.29) is 11.8 Å². The fourth-order valence-electron chi connectivity index (χ4n) is 3.04. The topological polar surface area (TPSA) is 58.4 Å². The number of nitrogens with one attached hydrogen (secondary N) is 1. The Balaban J connectivity index is 0.000000159. The number of benzene rings is 2. The second-order valence-corrected chi connectivity index (χ2v) is 7.67. The summed E-state index contributed by atoms with van der Waals surface area (Å²) in [7, 11) is 0. The standard InChI is InChI=1S/C10H12N2O.C6H5F.C6H13N/c11-10(13)12-6-5-8-3-1-2-4-9(8)7-12;7-6-4-2-1-3-5-6;1-6(2)3-4-7-5-6/h1-4H,5-7H2,(H2,11,13);1-5H;7H,3-5H2,1-2H3. The van der Waals surface area contributed by atoms with Crippen LogP contribution in [-0.4, -0.2) is 30.6 Å². The van der Waals surface area contributed by atoms with Crippen molar-refractivity contribution in [3.8, 4) is 0 Å². The van der Waals surface area contributed by atoms with E-state index < -0.39 is 0 Å². The first-order valence-electron chi connectivity index (χ1n) is 9.40. The number of carbonyl (C=O) groups is 1. The Kier molecular flexibility index (Phi) is 7.80. The minimum absolute atomic E-state index is 0.178. The number of primary amides is 1. The zero-order chi connectivity index (χ0) is 19.7. The van der Waals surface area contributed by atoms with Crippen molar-refractivity contribution < 1.29 is 9.18 Å². The van der Waals surface area contributed by atoms with Crippen LogP contribution >= 0.6 is 0 Å². The summed E-state index contributed by atoms with van der Waals surface area (Å²) in [5, 5.41) is 3.31. The minimum Gasteiger partial charge on any atom is -0.351 e. The lowest BCUT2D eigenvalue weighted by molar-refractivity contribution is 0.202. The number of amides is 2. The van der Waals surface area contributed by atoms with E-state index in [2.05, 4.69) is 25.2 Å². The van der Waals surface area contributed by atoms with Gasteiger partial charge in [-0.25, -0.2) is 9.18 Å². The normalized spacial score (nSPS) is 16.9. The number of nitrogens with two attached hydrogens (primary N) is 1. The number of carbonyl (C=O) groups excluding carboxylic acids is 1. The van der Waals surface area contributed by atoms with Gasteiger partial charge in [0.05, 0.1) is 0 Å². The van der Waals surface area contributed by atoms with Gasteiger partial charge in [-0.15, -0.1) is 0 Å². The summed E-state index contributed by atoms with van der Waals surface area (Å²) in [6.45, 7) is 8.41. The van der Waals surface area contributed by atoms with Gasteiger partial charge in [-0.3, -0.25) is 0 Å². The molecule has 2 heterocycles. The van der Waals surface area contributed by atoms with Gasteiger partial charge in [-0.1, -0.05) is 56.3 Å². The second kappa shape index (κ2) is 10.1. The summed E-state index contributed by atoms with van der Waals surface area (Å²) in [4.78, 5) is 12.6. The van der Waals surface area contributed by atoms with Crippen molar-refractivity contribution in [1.82, 2.24) is 10.2 Å². The van der Waals surface area contributed by atoms with Crippen molar-refractivity contribution >= 4 is 6.03 Å². The number of rotatable bonds is 0. The van der Waals surface area contributed by atoms with Gasteiger partial charge in [0, 0.05) is 19.6 Å². The molecule has 146 valence electrons. The third-order valence-corrected chi connectivity index (χ3v) is 4.76. The van der Waals surface area contributed by atoms with Crippen molar-refractivity contribution in [2.24, 2.45) is 11.1 Å². The third-order valence-electron chi connectivity index (χ3n) is 4.76. The molecule has 2 aliphatic heterocycles. The van der Waals surface area contributed by atoms with Crippen LogP contribution < -0.4 is 11.1 Å². The zero-order valence-corrected chi connectivity index (χ0v) is 16.2. The summed E-state index contributed by atoms with van der Waals surface area (Å²) in [5.74, 6) is -0.178. The molecule has 2 aromatic rings. The van der Waals surface area contributed by atoms with E-state index >= 15 is 0 Å². The van der Waals surface area contributed by atoms with Crippen LogP contribution in [-0.2, 0) is 13.0 Å². The molecule has 4 nitrogen and oxygen atoms in total. The number of hydrogen-bond acceptors (Lipinski definition) is 2. The first-order valence-corrected chi connectivity index (χ1v) is 9.40. The predicted octanol–water partition coefficient (Wildman–Crippen LogP) is 3.96. The molecule has 3 N–H and O–H groups in total. The molecule has 0 aliphatic carbocycles. The second-order valence-electron chi connectivity index (χ2n) is 7.67. The van der Waals surface area contributed by atoms with Crippen LogP contribution in [0.5, 0.6) is 0 Å². The molecule has 2 aliphatic rings. The molecule has 0 aromatic heterocycles. The molecular formula is C22H30FN3O. The first-order chi connectivity index (χ1) is 12.9. The van der Waals surface area contributed by atoms with Crippen molar-refractivity contribution in [1.29, 1.82) is 0 Å². The molecule has 2 amide bonds. The van der Waals surface area contributed by atoms with Gasteiger partial charge in [-0.2, -0.15) is 0 Å². The molecule has 5 heteroatoms. The molecule has 1 saturated heterocycles. The first kappa shape index (κ1) is 20.9. The van der Waals surface area contributed by atoms with Crippen LogP contribution in [0.25, 0.3) is 0 Å². The van der Waals surface area contributed by atoms with E-state index in [0.29, 0.717) is 12.0 Å². The van der Waals surface area contributed by atoms with Gasteiger partial charge < -0.3 is 16.0 Å². The van der Waals surface area contributed by atoms with E-state index in [1.807, 2.05) is 18.2 Å². The van der Waals surface area contributed by atoms with E-state index in [1.54, 1.807) is 23.1 Å². The highest BCUT2D eigenvalue weighted by molar-refractivity contribution is 5.72. The molecule has 2 aromatic carbocycles. The average Bonchev–Trinajstić information content (AvgIpc) is 3.07.